The van der Waals surface area contributed by atoms with Crippen LogP contribution in [0.3, 0.4) is 0 Å². The van der Waals surface area contributed by atoms with E-state index in [0.29, 0.717) is 0 Å². The number of aliphatic hydroxyl groups excluding tert-OH is 3. The van der Waals surface area contributed by atoms with Gasteiger partial charge in [-0.25, -0.2) is 14.6 Å². The fraction of sp³-hybridized carbons (Fsp3) is 0.500. The molecule has 86 valence electrons. The SMILES string of the molecule is O=C1O[C@H]([C@@H](O)CO)C(O)=C1[P+]([O-])(O)O. The molecule has 0 fully saturated rings. The number of carbonyl (C=O) groups excluding carboxylic acids is 1. The summed E-state index contributed by atoms with van der Waals surface area (Å²) in [5.74, 6) is -2.45. The van der Waals surface area contributed by atoms with E-state index in [0.717, 1.165) is 0 Å². The molecular weight excluding hydrogens is 231 g/mol. The molecule has 0 aliphatic carbocycles. The molecule has 0 aromatic rings. The van der Waals surface area contributed by atoms with Crippen molar-refractivity contribution in [1.82, 2.24) is 0 Å². The van der Waals surface area contributed by atoms with E-state index in [1.165, 1.54) is 0 Å². The van der Waals surface area contributed by atoms with Gasteiger partial charge in [0.1, 0.15) is 6.10 Å². The smallest absolute Gasteiger partial charge is 0.383 e. The summed E-state index contributed by atoms with van der Waals surface area (Å²) in [7, 11) is -4.95. The Bertz CT molecular complexity index is 305. The number of ether oxygens (including phenoxy) is 1. The molecule has 0 saturated heterocycles. The molecule has 0 unspecified atom stereocenters. The second-order valence-corrected chi connectivity index (χ2v) is 4.39. The summed E-state index contributed by atoms with van der Waals surface area (Å²) in [5, 5.41) is 25.6. The highest BCUT2D eigenvalue weighted by atomic mass is 31.2. The van der Waals surface area contributed by atoms with Crippen LogP contribution < -0.4 is 4.89 Å². The highest BCUT2D eigenvalue weighted by molar-refractivity contribution is 7.63. The maximum Gasteiger partial charge on any atom is 0.383 e. The second-order valence-electron chi connectivity index (χ2n) is 2.85. The Morgan fingerprint density at radius 3 is 2.40 bits per heavy atom. The van der Waals surface area contributed by atoms with Gasteiger partial charge in [-0.2, -0.15) is 0 Å². The molecule has 0 saturated carbocycles. The second kappa shape index (κ2) is 4.01. The van der Waals surface area contributed by atoms with Crippen molar-refractivity contribution in [2.24, 2.45) is 0 Å². The molecule has 0 bridgehead atoms. The number of rotatable bonds is 3. The summed E-state index contributed by atoms with van der Waals surface area (Å²) in [6, 6.07) is 0. The number of hydrogen-bond donors (Lipinski definition) is 5. The summed E-state index contributed by atoms with van der Waals surface area (Å²) in [5.41, 5.74) is 0. The third kappa shape index (κ3) is 2.25. The summed E-state index contributed by atoms with van der Waals surface area (Å²) in [6.45, 7) is -0.823. The van der Waals surface area contributed by atoms with Gasteiger partial charge in [0.2, 0.25) is 0 Å². The van der Waals surface area contributed by atoms with Gasteiger partial charge in [-0.1, -0.05) is 0 Å². The Kier molecular flexibility index (Phi) is 3.29. The highest BCUT2D eigenvalue weighted by Crippen LogP contribution is 2.53. The number of esters is 1. The predicted molar refractivity (Wildman–Crippen MR) is 44.0 cm³/mol. The molecule has 1 heterocycles. The van der Waals surface area contributed by atoms with Crippen molar-refractivity contribution in [3.63, 3.8) is 0 Å². The van der Waals surface area contributed by atoms with Crippen LogP contribution in [-0.2, 0) is 9.53 Å². The average molecular weight is 240 g/mol. The van der Waals surface area contributed by atoms with Gasteiger partial charge in [0.15, 0.2) is 11.9 Å². The van der Waals surface area contributed by atoms with Crippen LogP contribution >= 0.6 is 7.94 Å². The van der Waals surface area contributed by atoms with Crippen LogP contribution in [0.5, 0.6) is 0 Å². The average Bonchev–Trinajstić information content (AvgIpc) is 2.39. The molecule has 8 nitrogen and oxygen atoms in total. The van der Waals surface area contributed by atoms with Crippen molar-refractivity contribution in [3.05, 3.63) is 11.1 Å². The molecule has 1 aliphatic rings. The third-order valence-electron chi connectivity index (χ3n) is 1.77. The standard InChI is InChI=1S/C6H9O8P/c7-1-2(8)4-3(9)5(6(10)14-4)15(11,12)13/h2,4,7-9H,1H2,(H2,11,12,13)/t2-,4+/m0/s1. The minimum absolute atomic E-state index is 0.823. The molecule has 1 aliphatic heterocycles. The van der Waals surface area contributed by atoms with Gasteiger partial charge >= 0.3 is 5.97 Å². The van der Waals surface area contributed by atoms with Crippen molar-refractivity contribution in [2.45, 2.75) is 12.2 Å². The molecule has 5 N–H and O–H groups in total. The van der Waals surface area contributed by atoms with Gasteiger partial charge < -0.3 is 24.9 Å². The van der Waals surface area contributed by atoms with E-state index in [-0.39, 0.29) is 0 Å². The Balaban J connectivity index is 3.04. The van der Waals surface area contributed by atoms with E-state index in [1.54, 1.807) is 0 Å². The van der Waals surface area contributed by atoms with Gasteiger partial charge in [0, 0.05) is 0 Å². The fourth-order valence-electron chi connectivity index (χ4n) is 1.09. The topological polar surface area (TPSA) is 151 Å². The first-order valence-corrected chi connectivity index (χ1v) is 5.39. The normalized spacial score (nSPS) is 24.3. The Hall–Kier alpha value is -0.760. The molecule has 2 atom stereocenters. The molecule has 0 aromatic heterocycles. The van der Waals surface area contributed by atoms with Crippen molar-refractivity contribution in [2.75, 3.05) is 6.61 Å². The van der Waals surface area contributed by atoms with Crippen LogP contribution in [0.15, 0.2) is 11.1 Å². The first-order chi connectivity index (χ1) is 6.79. The highest BCUT2D eigenvalue weighted by Gasteiger charge is 2.50. The fourth-order valence-corrected chi connectivity index (χ4v) is 1.81. The minimum atomic E-state index is -4.95. The lowest BCUT2D eigenvalue weighted by Crippen LogP contribution is -2.31. The predicted octanol–water partition coefficient (Wildman–Crippen LogP) is -2.86. The van der Waals surface area contributed by atoms with Crippen LogP contribution in [0.1, 0.15) is 0 Å². The van der Waals surface area contributed by atoms with Crippen molar-refractivity contribution in [1.29, 1.82) is 0 Å². The van der Waals surface area contributed by atoms with Crippen LogP contribution in [0.25, 0.3) is 0 Å². The number of carbonyl (C=O) groups is 1. The number of cyclic esters (lactones) is 1. The molecule has 0 amide bonds. The lowest BCUT2D eigenvalue weighted by atomic mass is 10.2. The molecule has 0 aromatic carbocycles. The zero-order valence-electron chi connectivity index (χ0n) is 7.27. The van der Waals surface area contributed by atoms with Crippen LogP contribution in [0.4, 0.5) is 0 Å². The zero-order valence-corrected chi connectivity index (χ0v) is 8.16. The van der Waals surface area contributed by atoms with Crippen LogP contribution in [0.2, 0.25) is 0 Å². The van der Waals surface area contributed by atoms with E-state index in [1.807, 2.05) is 0 Å². The van der Waals surface area contributed by atoms with Crippen LogP contribution in [0, 0.1) is 0 Å². The van der Waals surface area contributed by atoms with E-state index in [4.69, 9.17) is 20.0 Å². The Morgan fingerprint density at radius 1 is 1.53 bits per heavy atom. The van der Waals surface area contributed by atoms with E-state index in [9.17, 15) is 14.8 Å². The maximum absolute atomic E-state index is 10.9. The van der Waals surface area contributed by atoms with Crippen molar-refractivity contribution < 1.29 is 39.5 Å². The number of hydrogen-bond acceptors (Lipinski definition) is 8. The van der Waals surface area contributed by atoms with Gasteiger partial charge in [-0.05, 0) is 0 Å². The quantitative estimate of drug-likeness (QED) is 0.261. The van der Waals surface area contributed by atoms with Crippen LogP contribution in [-0.4, -0.2) is 49.9 Å². The molecule has 15 heavy (non-hydrogen) atoms. The van der Waals surface area contributed by atoms with Gasteiger partial charge in [-0.3, -0.25) is 0 Å². The minimum Gasteiger partial charge on any atom is -0.627 e. The summed E-state index contributed by atoms with van der Waals surface area (Å²) < 4.78 is 4.30. The van der Waals surface area contributed by atoms with Gasteiger partial charge in [0.25, 0.3) is 13.3 Å². The van der Waals surface area contributed by atoms with Gasteiger partial charge in [0.05, 0.1) is 6.61 Å². The molecule has 0 radical (unpaired) electrons. The van der Waals surface area contributed by atoms with E-state index >= 15 is 0 Å². The largest absolute Gasteiger partial charge is 0.627 e. The summed E-state index contributed by atoms with van der Waals surface area (Å²) in [4.78, 5) is 39.0. The molecular formula is C6H9O8P. The zero-order chi connectivity index (χ0) is 11.8. The van der Waals surface area contributed by atoms with E-state index in [2.05, 4.69) is 4.74 Å². The lowest BCUT2D eigenvalue weighted by molar-refractivity contribution is -0.205. The van der Waals surface area contributed by atoms with Crippen molar-refractivity contribution in [3.8, 4) is 0 Å². The maximum atomic E-state index is 10.9. The van der Waals surface area contributed by atoms with Crippen molar-refractivity contribution >= 4 is 13.9 Å². The summed E-state index contributed by atoms with van der Waals surface area (Å²) >= 11 is 0. The Morgan fingerprint density at radius 2 is 2.07 bits per heavy atom. The summed E-state index contributed by atoms with van der Waals surface area (Å²) in [6.07, 6.45) is -3.26. The molecule has 1 rings (SSSR count). The molecule has 0 spiro atoms. The van der Waals surface area contributed by atoms with E-state index < -0.39 is 43.8 Å². The first kappa shape index (κ1) is 12.3. The monoisotopic (exact) mass is 240 g/mol. The van der Waals surface area contributed by atoms with Gasteiger partial charge in [-0.15, -0.1) is 0 Å². The first-order valence-electron chi connectivity index (χ1n) is 3.78. The lowest BCUT2D eigenvalue weighted by Gasteiger charge is -2.14. The third-order valence-corrected chi connectivity index (χ3v) is 2.76. The Labute approximate surface area is 84.3 Å². The number of aliphatic hydroxyl groups is 3. The molecule has 9 heteroatoms.